The van der Waals surface area contributed by atoms with Crippen LogP contribution in [0, 0.1) is 5.82 Å². The van der Waals surface area contributed by atoms with Crippen LogP contribution in [0.15, 0.2) is 53.8 Å². The summed E-state index contributed by atoms with van der Waals surface area (Å²) < 4.78 is 25.4. The minimum absolute atomic E-state index is 0.0429. The van der Waals surface area contributed by atoms with E-state index in [9.17, 15) is 14.4 Å². The van der Waals surface area contributed by atoms with Gasteiger partial charge in [0.05, 0.1) is 18.5 Å². The standard InChI is InChI=1S/C22H21FN6O4/c1-24-20(30)12-33-15-4-2-3-13(9-15)27-22-25-11-17(23)21(28-22)26-14-5-6-19-16(10-14)18(29-31)7-8-32-19/h2-6,9-11,31H,7-8,12H2,1H3,(H,24,30)(H2,25,26,27,28)/b29-18+. The lowest BCUT2D eigenvalue weighted by Crippen LogP contribution is -2.24. The van der Waals surface area contributed by atoms with Gasteiger partial charge in [-0.25, -0.2) is 9.37 Å². The summed E-state index contributed by atoms with van der Waals surface area (Å²) in [5, 5.41) is 20.9. The number of ether oxygens (including phenoxy) is 2. The van der Waals surface area contributed by atoms with E-state index >= 15 is 0 Å². The molecule has 0 unspecified atom stereocenters. The molecule has 0 atom stereocenters. The molecule has 0 aliphatic carbocycles. The number of benzene rings is 2. The fraction of sp³-hybridized carbons (Fsp3) is 0.182. The third-order valence-corrected chi connectivity index (χ3v) is 4.75. The van der Waals surface area contributed by atoms with Gasteiger partial charge in [-0.3, -0.25) is 4.79 Å². The number of carbonyl (C=O) groups excluding carboxylic acids is 1. The SMILES string of the molecule is CNC(=O)COc1cccc(Nc2ncc(F)c(Nc3ccc4c(c3)/C(=N/O)CCO4)n2)c1. The number of aromatic nitrogens is 2. The summed E-state index contributed by atoms with van der Waals surface area (Å²) in [6.45, 7) is 0.308. The van der Waals surface area contributed by atoms with E-state index in [1.807, 2.05) is 0 Å². The Kier molecular flexibility index (Phi) is 6.48. The fourth-order valence-electron chi connectivity index (χ4n) is 3.12. The van der Waals surface area contributed by atoms with Crippen molar-refractivity contribution in [2.75, 3.05) is 30.9 Å². The number of rotatable bonds is 7. The van der Waals surface area contributed by atoms with Crippen LogP contribution in [-0.4, -0.2) is 47.1 Å². The van der Waals surface area contributed by atoms with Crippen LogP contribution in [-0.2, 0) is 4.79 Å². The van der Waals surface area contributed by atoms with Gasteiger partial charge in [-0.05, 0) is 30.3 Å². The summed E-state index contributed by atoms with van der Waals surface area (Å²) >= 11 is 0. The Morgan fingerprint density at radius 1 is 1.24 bits per heavy atom. The number of hydrogen-bond acceptors (Lipinski definition) is 9. The highest BCUT2D eigenvalue weighted by molar-refractivity contribution is 6.04. The zero-order chi connectivity index (χ0) is 23.2. The molecule has 10 nitrogen and oxygen atoms in total. The molecule has 1 amide bonds. The fourth-order valence-corrected chi connectivity index (χ4v) is 3.12. The van der Waals surface area contributed by atoms with E-state index in [2.05, 4.69) is 31.1 Å². The van der Waals surface area contributed by atoms with E-state index in [4.69, 9.17) is 9.47 Å². The molecule has 0 spiro atoms. The van der Waals surface area contributed by atoms with Crippen LogP contribution in [0.3, 0.4) is 0 Å². The molecule has 1 aliphatic rings. The van der Waals surface area contributed by atoms with E-state index in [-0.39, 0.29) is 24.3 Å². The Labute approximate surface area is 188 Å². The molecule has 11 heteroatoms. The molecule has 4 rings (SSSR count). The normalized spacial score (nSPS) is 13.6. The summed E-state index contributed by atoms with van der Waals surface area (Å²) in [7, 11) is 1.53. The number of nitrogens with zero attached hydrogens (tertiary/aromatic N) is 3. The predicted molar refractivity (Wildman–Crippen MR) is 119 cm³/mol. The first-order valence-corrected chi connectivity index (χ1v) is 10.0. The highest BCUT2D eigenvalue weighted by Crippen LogP contribution is 2.30. The smallest absolute Gasteiger partial charge is 0.257 e. The quantitative estimate of drug-likeness (QED) is 0.318. The molecule has 0 radical (unpaired) electrons. The molecule has 1 aliphatic heterocycles. The van der Waals surface area contributed by atoms with E-state index in [0.717, 1.165) is 6.20 Å². The number of oxime groups is 1. The molecule has 2 aromatic carbocycles. The Bertz CT molecular complexity index is 1200. The van der Waals surface area contributed by atoms with E-state index in [1.54, 1.807) is 42.5 Å². The maximum absolute atomic E-state index is 14.4. The largest absolute Gasteiger partial charge is 0.492 e. The molecule has 170 valence electrons. The van der Waals surface area contributed by atoms with Gasteiger partial charge in [0.2, 0.25) is 5.95 Å². The minimum Gasteiger partial charge on any atom is -0.492 e. The van der Waals surface area contributed by atoms with Gasteiger partial charge >= 0.3 is 0 Å². The summed E-state index contributed by atoms with van der Waals surface area (Å²) in [6.07, 6.45) is 1.51. The molecular weight excluding hydrogens is 431 g/mol. The highest BCUT2D eigenvalue weighted by Gasteiger charge is 2.18. The topological polar surface area (TPSA) is 130 Å². The molecule has 33 heavy (non-hydrogen) atoms. The van der Waals surface area contributed by atoms with Crippen LogP contribution in [0.1, 0.15) is 12.0 Å². The Morgan fingerprint density at radius 3 is 2.91 bits per heavy atom. The van der Waals surface area contributed by atoms with E-state index in [0.29, 0.717) is 47.2 Å². The molecule has 4 N–H and O–H groups in total. The van der Waals surface area contributed by atoms with Crippen LogP contribution in [0.5, 0.6) is 11.5 Å². The Balaban J connectivity index is 1.51. The van der Waals surface area contributed by atoms with Gasteiger partial charge in [-0.2, -0.15) is 4.98 Å². The number of anilines is 4. The van der Waals surface area contributed by atoms with Crippen molar-refractivity contribution in [2.45, 2.75) is 6.42 Å². The summed E-state index contributed by atoms with van der Waals surface area (Å²) in [5.74, 6) is 0.274. The van der Waals surface area contributed by atoms with Crippen LogP contribution < -0.4 is 25.4 Å². The molecule has 0 saturated heterocycles. The number of nitrogens with one attached hydrogen (secondary N) is 3. The van der Waals surface area contributed by atoms with Crippen LogP contribution in [0.25, 0.3) is 0 Å². The second kappa shape index (κ2) is 9.81. The first kappa shape index (κ1) is 21.8. The Hall–Kier alpha value is -4.41. The molecule has 0 fully saturated rings. The van der Waals surface area contributed by atoms with Crippen molar-refractivity contribution in [3.63, 3.8) is 0 Å². The van der Waals surface area contributed by atoms with Gasteiger partial charge in [0.25, 0.3) is 5.91 Å². The second-order valence-corrected chi connectivity index (χ2v) is 6.99. The zero-order valence-electron chi connectivity index (χ0n) is 17.6. The van der Waals surface area contributed by atoms with Gasteiger partial charge in [-0.15, -0.1) is 0 Å². The molecular formula is C22H21FN6O4. The van der Waals surface area contributed by atoms with Crippen LogP contribution >= 0.6 is 0 Å². The van der Waals surface area contributed by atoms with Gasteiger partial charge < -0.3 is 30.6 Å². The molecule has 0 bridgehead atoms. The van der Waals surface area contributed by atoms with Gasteiger partial charge in [-0.1, -0.05) is 11.2 Å². The maximum atomic E-state index is 14.4. The van der Waals surface area contributed by atoms with Crippen molar-refractivity contribution >= 4 is 34.8 Å². The van der Waals surface area contributed by atoms with Crippen LogP contribution in [0.4, 0.5) is 27.5 Å². The van der Waals surface area contributed by atoms with E-state index in [1.165, 1.54) is 7.05 Å². The average molecular weight is 452 g/mol. The number of carbonyl (C=O) groups is 1. The number of halogens is 1. The lowest BCUT2D eigenvalue weighted by Gasteiger charge is -2.19. The van der Waals surface area contributed by atoms with Crippen LogP contribution in [0.2, 0.25) is 0 Å². The lowest BCUT2D eigenvalue weighted by molar-refractivity contribution is -0.122. The van der Waals surface area contributed by atoms with Crippen molar-refractivity contribution in [1.82, 2.24) is 15.3 Å². The number of amides is 1. The summed E-state index contributed by atoms with van der Waals surface area (Å²) in [5.41, 5.74) is 2.24. The Morgan fingerprint density at radius 2 is 2.09 bits per heavy atom. The van der Waals surface area contributed by atoms with Crippen molar-refractivity contribution in [2.24, 2.45) is 5.16 Å². The van der Waals surface area contributed by atoms with E-state index < -0.39 is 5.82 Å². The van der Waals surface area contributed by atoms with Gasteiger partial charge in [0.1, 0.15) is 11.5 Å². The molecule has 1 aromatic heterocycles. The van der Waals surface area contributed by atoms with Crippen molar-refractivity contribution in [3.05, 3.63) is 60.0 Å². The molecule has 2 heterocycles. The first-order valence-electron chi connectivity index (χ1n) is 10.0. The summed E-state index contributed by atoms with van der Waals surface area (Å²) in [6, 6.07) is 12.0. The minimum atomic E-state index is -0.645. The molecule has 3 aromatic rings. The van der Waals surface area contributed by atoms with Crippen molar-refractivity contribution in [1.29, 1.82) is 0 Å². The highest BCUT2D eigenvalue weighted by atomic mass is 19.1. The second-order valence-electron chi connectivity index (χ2n) is 6.99. The van der Waals surface area contributed by atoms with Crippen molar-refractivity contribution < 1.29 is 23.9 Å². The first-order chi connectivity index (χ1) is 16.1. The van der Waals surface area contributed by atoms with Gasteiger partial charge in [0.15, 0.2) is 18.2 Å². The third-order valence-electron chi connectivity index (χ3n) is 4.75. The molecule has 0 saturated carbocycles. The predicted octanol–water partition coefficient (Wildman–Crippen LogP) is 3.19. The van der Waals surface area contributed by atoms with Crippen molar-refractivity contribution in [3.8, 4) is 11.5 Å². The number of fused-ring (bicyclic) bond motifs is 1. The third kappa shape index (κ3) is 5.26. The monoisotopic (exact) mass is 452 g/mol. The lowest BCUT2D eigenvalue weighted by atomic mass is 10.0. The van der Waals surface area contributed by atoms with Gasteiger partial charge in [0, 0.05) is 36.5 Å². The summed E-state index contributed by atoms with van der Waals surface area (Å²) in [4.78, 5) is 19.5. The zero-order valence-corrected chi connectivity index (χ0v) is 17.6. The number of hydrogen-bond donors (Lipinski definition) is 4. The maximum Gasteiger partial charge on any atom is 0.257 e. The number of likely N-dealkylation sites (N-methyl/N-ethyl adjacent to an activating group) is 1. The average Bonchev–Trinajstić information content (AvgIpc) is 2.84.